The first-order chi connectivity index (χ1) is 13.2. The van der Waals surface area contributed by atoms with Crippen molar-refractivity contribution in [3.8, 4) is 0 Å². The third-order valence-corrected chi connectivity index (χ3v) is 5.34. The first-order valence-corrected chi connectivity index (χ1v) is 9.21. The van der Waals surface area contributed by atoms with Crippen molar-refractivity contribution in [3.63, 3.8) is 0 Å². The first-order valence-electron chi connectivity index (χ1n) is 9.21. The molecule has 0 aromatic carbocycles. The van der Waals surface area contributed by atoms with Gasteiger partial charge in [-0.3, -0.25) is 14.6 Å². The summed E-state index contributed by atoms with van der Waals surface area (Å²) in [6.45, 7) is 5.31. The van der Waals surface area contributed by atoms with Crippen LogP contribution in [0.5, 0.6) is 0 Å². The molecule has 0 saturated heterocycles. The minimum Gasteiger partial charge on any atom is -0.478 e. The van der Waals surface area contributed by atoms with Crippen LogP contribution in [-0.2, 0) is 19.2 Å². The average Bonchev–Trinajstić information content (AvgIpc) is 2.64. The summed E-state index contributed by atoms with van der Waals surface area (Å²) in [6, 6.07) is -0.645. The van der Waals surface area contributed by atoms with Gasteiger partial charge in [0.1, 0.15) is 0 Å². The van der Waals surface area contributed by atoms with Crippen LogP contribution in [0.2, 0.25) is 0 Å². The molecule has 148 valence electrons. The van der Waals surface area contributed by atoms with Crippen LogP contribution in [0.3, 0.4) is 0 Å². The van der Waals surface area contributed by atoms with E-state index in [0.717, 1.165) is 25.0 Å². The van der Waals surface area contributed by atoms with E-state index in [4.69, 9.17) is 0 Å². The van der Waals surface area contributed by atoms with Crippen LogP contribution in [0.15, 0.2) is 46.3 Å². The van der Waals surface area contributed by atoms with Crippen LogP contribution in [0, 0.1) is 5.92 Å². The molecular weight excluding hydrogens is 364 g/mol. The van der Waals surface area contributed by atoms with Crippen LogP contribution in [0.1, 0.15) is 40.0 Å². The van der Waals surface area contributed by atoms with Crippen molar-refractivity contribution in [2.75, 3.05) is 0 Å². The zero-order valence-electron chi connectivity index (χ0n) is 15.9. The Morgan fingerprint density at radius 3 is 2.25 bits per heavy atom. The van der Waals surface area contributed by atoms with Gasteiger partial charge < -0.3 is 10.2 Å². The monoisotopic (exact) mass is 386 g/mol. The number of hydrazine groups is 1. The van der Waals surface area contributed by atoms with Crippen LogP contribution >= 0.6 is 0 Å². The fourth-order valence-corrected chi connectivity index (χ4v) is 3.90. The van der Waals surface area contributed by atoms with Gasteiger partial charge in [0.15, 0.2) is 5.78 Å². The number of carbonyl (C=O) groups is 4. The Morgan fingerprint density at radius 2 is 1.68 bits per heavy atom. The molecule has 8 nitrogen and oxygen atoms in total. The van der Waals surface area contributed by atoms with E-state index in [9.17, 15) is 29.4 Å². The van der Waals surface area contributed by atoms with Gasteiger partial charge in [0.05, 0.1) is 17.3 Å². The summed E-state index contributed by atoms with van der Waals surface area (Å²) in [4.78, 5) is 48.7. The molecule has 0 aromatic rings. The van der Waals surface area contributed by atoms with Gasteiger partial charge >= 0.3 is 11.9 Å². The average molecular weight is 386 g/mol. The zero-order valence-corrected chi connectivity index (χ0v) is 15.9. The molecule has 1 aliphatic carbocycles. The number of fused-ring (bicyclic) bond motifs is 2. The maximum absolute atomic E-state index is 12.9. The summed E-state index contributed by atoms with van der Waals surface area (Å²) in [7, 11) is 0. The standard InChI is InChI=1S/C20H22N2O6/c1-4-5-6-12-7-15-16(23)8-13(19(25)26)10(2)18(15)22-17(24)9-14(20(27)28)11(3)21(12)22/h7-11H,4-6H2,1-3H3,(H,25,26)(H,27,28). The Hall–Kier alpha value is -3.16. The highest BCUT2D eigenvalue weighted by molar-refractivity contribution is 6.13. The SMILES string of the molecule is CCCCC1=CC2=C(C(C)C(C(=O)O)=CC2=O)N2C(=O)C=C(C(=O)O)C(C)N12. The van der Waals surface area contributed by atoms with Crippen molar-refractivity contribution in [1.29, 1.82) is 0 Å². The van der Waals surface area contributed by atoms with Crippen LogP contribution in [0.4, 0.5) is 0 Å². The number of allylic oxidation sites excluding steroid dienone is 5. The number of unbranched alkanes of at least 4 members (excludes halogenated alkanes) is 1. The molecule has 2 aliphatic heterocycles. The summed E-state index contributed by atoms with van der Waals surface area (Å²) in [5.74, 6) is -4.18. The lowest BCUT2D eigenvalue weighted by molar-refractivity contribution is -0.146. The van der Waals surface area contributed by atoms with Crippen LogP contribution < -0.4 is 0 Å². The molecular formula is C20H22N2O6. The van der Waals surface area contributed by atoms with E-state index in [0.29, 0.717) is 12.1 Å². The number of carboxylic acid groups (broad SMARTS) is 2. The Bertz CT molecular complexity index is 908. The summed E-state index contributed by atoms with van der Waals surface area (Å²) in [6.07, 6.45) is 6.06. The molecule has 0 aromatic heterocycles. The molecule has 2 unspecified atom stereocenters. The van der Waals surface area contributed by atoms with E-state index in [1.807, 2.05) is 6.92 Å². The van der Waals surface area contributed by atoms with Crippen LogP contribution in [-0.4, -0.2) is 49.9 Å². The zero-order chi connectivity index (χ0) is 20.7. The van der Waals surface area contributed by atoms with Gasteiger partial charge in [0.2, 0.25) is 0 Å². The third kappa shape index (κ3) is 2.94. The summed E-state index contributed by atoms with van der Waals surface area (Å²) in [5.41, 5.74) is 1.09. The number of carboxylic acids is 2. The molecule has 3 aliphatic rings. The van der Waals surface area contributed by atoms with Crippen molar-refractivity contribution in [2.24, 2.45) is 5.92 Å². The van der Waals surface area contributed by atoms with E-state index in [1.54, 1.807) is 24.9 Å². The van der Waals surface area contributed by atoms with Crippen molar-refractivity contribution < 1.29 is 29.4 Å². The van der Waals surface area contributed by atoms with E-state index in [1.165, 1.54) is 5.01 Å². The minimum atomic E-state index is -1.22. The highest BCUT2D eigenvalue weighted by Gasteiger charge is 2.45. The highest BCUT2D eigenvalue weighted by Crippen LogP contribution is 2.42. The van der Waals surface area contributed by atoms with Gasteiger partial charge in [-0.25, -0.2) is 14.6 Å². The maximum atomic E-state index is 12.9. The van der Waals surface area contributed by atoms with E-state index in [2.05, 4.69) is 0 Å². The lowest BCUT2D eigenvalue weighted by atomic mass is 9.83. The summed E-state index contributed by atoms with van der Waals surface area (Å²) >= 11 is 0. The molecule has 8 heteroatoms. The third-order valence-electron chi connectivity index (χ3n) is 5.34. The smallest absolute Gasteiger partial charge is 0.333 e. The Balaban J connectivity index is 2.20. The molecule has 2 atom stereocenters. The van der Waals surface area contributed by atoms with Gasteiger partial charge in [-0.05, 0) is 31.9 Å². The number of rotatable bonds is 5. The molecule has 2 heterocycles. The van der Waals surface area contributed by atoms with Gasteiger partial charge in [0.25, 0.3) is 5.91 Å². The molecule has 28 heavy (non-hydrogen) atoms. The van der Waals surface area contributed by atoms with Gasteiger partial charge in [-0.15, -0.1) is 0 Å². The molecule has 1 amide bonds. The Labute approximate surface area is 162 Å². The topological polar surface area (TPSA) is 115 Å². The number of hydrogen-bond acceptors (Lipinski definition) is 5. The van der Waals surface area contributed by atoms with Crippen LogP contribution in [0.25, 0.3) is 0 Å². The largest absolute Gasteiger partial charge is 0.478 e. The fraction of sp³-hybridized carbons (Fsp3) is 0.400. The number of carbonyl (C=O) groups excluding carboxylic acids is 2. The summed E-state index contributed by atoms with van der Waals surface area (Å²) in [5, 5.41) is 21.8. The quantitative estimate of drug-likeness (QED) is 0.743. The minimum absolute atomic E-state index is 0.0449. The maximum Gasteiger partial charge on any atom is 0.333 e. The molecule has 0 radical (unpaired) electrons. The van der Waals surface area contributed by atoms with Crippen molar-refractivity contribution in [3.05, 3.63) is 46.3 Å². The normalized spacial score (nSPS) is 24.3. The Morgan fingerprint density at radius 1 is 1.04 bits per heavy atom. The lowest BCUT2D eigenvalue weighted by Gasteiger charge is -2.49. The number of aliphatic carboxylic acids is 2. The predicted molar refractivity (Wildman–Crippen MR) is 98.4 cm³/mol. The second-order valence-corrected chi connectivity index (χ2v) is 7.10. The summed E-state index contributed by atoms with van der Waals surface area (Å²) < 4.78 is 0. The molecule has 2 N–H and O–H groups in total. The van der Waals surface area contributed by atoms with E-state index in [-0.39, 0.29) is 22.4 Å². The molecule has 0 spiro atoms. The predicted octanol–water partition coefficient (Wildman–Crippen LogP) is 2.02. The Kier molecular flexibility index (Phi) is 4.97. The second-order valence-electron chi connectivity index (χ2n) is 7.10. The number of nitrogens with zero attached hydrogens (tertiary/aromatic N) is 2. The molecule has 0 saturated carbocycles. The second kappa shape index (κ2) is 7.10. The van der Waals surface area contributed by atoms with Gasteiger partial charge in [0, 0.05) is 28.8 Å². The highest BCUT2D eigenvalue weighted by atomic mass is 16.4. The molecule has 0 fully saturated rings. The van der Waals surface area contributed by atoms with Crippen molar-refractivity contribution >= 4 is 23.6 Å². The number of ketones is 1. The first kappa shape index (κ1) is 19.6. The lowest BCUT2D eigenvalue weighted by Crippen LogP contribution is -2.57. The number of hydrogen-bond donors (Lipinski definition) is 2. The van der Waals surface area contributed by atoms with Gasteiger partial charge in [-0.1, -0.05) is 20.3 Å². The van der Waals surface area contributed by atoms with Crippen molar-refractivity contribution in [2.45, 2.75) is 46.1 Å². The van der Waals surface area contributed by atoms with Crippen molar-refractivity contribution in [1.82, 2.24) is 10.0 Å². The molecule has 0 bridgehead atoms. The van der Waals surface area contributed by atoms with E-state index < -0.39 is 35.6 Å². The number of amides is 1. The van der Waals surface area contributed by atoms with Gasteiger partial charge in [-0.2, -0.15) is 0 Å². The van der Waals surface area contributed by atoms with E-state index >= 15 is 0 Å². The fourth-order valence-electron chi connectivity index (χ4n) is 3.90. The molecule has 3 rings (SSSR count).